The minimum Gasteiger partial charge on any atom is -0.462 e. The second kappa shape index (κ2) is 9.96. The highest BCUT2D eigenvalue weighted by atomic mass is 16.5. The van der Waals surface area contributed by atoms with Crippen molar-refractivity contribution in [3.8, 4) is 0 Å². The van der Waals surface area contributed by atoms with Crippen LogP contribution in [-0.2, 0) is 14.3 Å². The zero-order valence-corrected chi connectivity index (χ0v) is 15.4. The zero-order chi connectivity index (χ0) is 19.6. The zero-order valence-electron chi connectivity index (χ0n) is 15.4. The Kier molecular flexibility index (Phi) is 7.37. The third-order valence-electron chi connectivity index (χ3n) is 3.54. The lowest BCUT2D eigenvalue weighted by atomic mass is 10.2. The van der Waals surface area contributed by atoms with E-state index < -0.39 is 0 Å². The van der Waals surface area contributed by atoms with Gasteiger partial charge in [-0.05, 0) is 49.4 Å². The van der Waals surface area contributed by atoms with Gasteiger partial charge in [-0.15, -0.1) is 0 Å². The van der Waals surface area contributed by atoms with Crippen LogP contribution in [0.3, 0.4) is 0 Å². The number of ether oxygens (including phenoxy) is 1. The lowest BCUT2D eigenvalue weighted by molar-refractivity contribution is -0.116. The Labute approximate surface area is 158 Å². The molecule has 0 radical (unpaired) electrons. The third kappa shape index (κ3) is 6.81. The summed E-state index contributed by atoms with van der Waals surface area (Å²) in [5.74, 6) is -0.675. The largest absolute Gasteiger partial charge is 0.462 e. The molecular formula is C20H23N3O4. The molecule has 27 heavy (non-hydrogen) atoms. The number of rotatable bonds is 8. The van der Waals surface area contributed by atoms with E-state index in [-0.39, 0.29) is 24.2 Å². The quantitative estimate of drug-likeness (QED) is 0.621. The van der Waals surface area contributed by atoms with Crippen LogP contribution in [0.15, 0.2) is 48.5 Å². The number of carbonyl (C=O) groups is 3. The molecule has 2 amide bonds. The maximum atomic E-state index is 12.0. The van der Waals surface area contributed by atoms with Crippen LogP contribution in [0.2, 0.25) is 0 Å². The van der Waals surface area contributed by atoms with Crippen molar-refractivity contribution in [2.75, 3.05) is 29.1 Å². The predicted molar refractivity (Wildman–Crippen MR) is 105 cm³/mol. The highest BCUT2D eigenvalue weighted by Crippen LogP contribution is 2.15. The molecule has 0 spiro atoms. The summed E-state index contributed by atoms with van der Waals surface area (Å²) in [6.45, 7) is 3.95. The average Bonchev–Trinajstić information content (AvgIpc) is 2.62. The molecule has 0 fully saturated rings. The first kappa shape index (κ1) is 20.0. The first-order chi connectivity index (χ1) is 13.0. The van der Waals surface area contributed by atoms with E-state index in [1.165, 1.54) is 6.92 Å². The summed E-state index contributed by atoms with van der Waals surface area (Å²) in [4.78, 5) is 34.7. The van der Waals surface area contributed by atoms with Crippen molar-refractivity contribution in [2.45, 2.75) is 20.3 Å². The molecule has 2 aromatic carbocycles. The lowest BCUT2D eigenvalue weighted by Gasteiger charge is -2.09. The molecule has 7 heteroatoms. The fourth-order valence-corrected chi connectivity index (χ4v) is 2.36. The molecule has 0 atom stereocenters. The number of carbonyl (C=O) groups excluding carboxylic acids is 3. The van der Waals surface area contributed by atoms with E-state index >= 15 is 0 Å². The summed E-state index contributed by atoms with van der Waals surface area (Å²) >= 11 is 0. The Morgan fingerprint density at radius 3 is 2.30 bits per heavy atom. The van der Waals surface area contributed by atoms with E-state index in [0.29, 0.717) is 30.1 Å². The summed E-state index contributed by atoms with van der Waals surface area (Å²) in [5.41, 5.74) is 2.56. The van der Waals surface area contributed by atoms with Crippen molar-refractivity contribution in [3.63, 3.8) is 0 Å². The lowest BCUT2D eigenvalue weighted by Crippen LogP contribution is -2.16. The van der Waals surface area contributed by atoms with Crippen molar-refractivity contribution in [1.29, 1.82) is 0 Å². The number of benzene rings is 2. The van der Waals surface area contributed by atoms with E-state index in [1.807, 2.05) is 12.1 Å². The molecule has 2 rings (SSSR count). The second-order valence-corrected chi connectivity index (χ2v) is 5.78. The van der Waals surface area contributed by atoms with Gasteiger partial charge in [0.05, 0.1) is 12.2 Å². The van der Waals surface area contributed by atoms with Crippen molar-refractivity contribution in [3.05, 3.63) is 54.1 Å². The van der Waals surface area contributed by atoms with Crippen molar-refractivity contribution < 1.29 is 19.1 Å². The van der Waals surface area contributed by atoms with Gasteiger partial charge < -0.3 is 20.7 Å². The topological polar surface area (TPSA) is 96.5 Å². The van der Waals surface area contributed by atoms with Crippen LogP contribution in [-0.4, -0.2) is 30.9 Å². The molecule has 0 aliphatic carbocycles. The van der Waals surface area contributed by atoms with Crippen molar-refractivity contribution in [1.82, 2.24) is 0 Å². The molecule has 0 aliphatic rings. The summed E-state index contributed by atoms with van der Waals surface area (Å²) in [7, 11) is 0. The maximum absolute atomic E-state index is 12.0. The number of hydrogen-bond donors (Lipinski definition) is 3. The van der Waals surface area contributed by atoms with Crippen LogP contribution in [0, 0.1) is 0 Å². The van der Waals surface area contributed by atoms with Crippen LogP contribution >= 0.6 is 0 Å². The normalized spacial score (nSPS) is 10.0. The predicted octanol–water partition coefficient (Wildman–Crippen LogP) is 3.26. The maximum Gasteiger partial charge on any atom is 0.338 e. The first-order valence-corrected chi connectivity index (χ1v) is 8.66. The standard InChI is InChI=1S/C20H23N3O4/c1-3-27-20(26)15-7-9-16(10-8-15)23-19(25)11-12-21-17-5-4-6-18(13-17)22-14(2)24/h4-10,13,21H,3,11-12H2,1-2H3,(H,22,24)(H,23,25). The Hall–Kier alpha value is -3.35. The van der Waals surface area contributed by atoms with E-state index in [4.69, 9.17) is 4.74 Å². The second-order valence-electron chi connectivity index (χ2n) is 5.78. The molecule has 142 valence electrons. The Morgan fingerprint density at radius 2 is 1.63 bits per heavy atom. The van der Waals surface area contributed by atoms with Crippen molar-refractivity contribution in [2.24, 2.45) is 0 Å². The van der Waals surface area contributed by atoms with Gasteiger partial charge in [0.15, 0.2) is 0 Å². The van der Waals surface area contributed by atoms with Crippen LogP contribution in [0.25, 0.3) is 0 Å². The van der Waals surface area contributed by atoms with Crippen molar-refractivity contribution >= 4 is 34.8 Å². The molecule has 7 nitrogen and oxygen atoms in total. The van der Waals surface area contributed by atoms with Gasteiger partial charge in [-0.2, -0.15) is 0 Å². The van der Waals surface area contributed by atoms with E-state index in [1.54, 1.807) is 43.3 Å². The highest BCUT2D eigenvalue weighted by Gasteiger charge is 2.07. The molecule has 3 N–H and O–H groups in total. The Morgan fingerprint density at radius 1 is 0.926 bits per heavy atom. The van der Waals surface area contributed by atoms with E-state index in [2.05, 4.69) is 16.0 Å². The van der Waals surface area contributed by atoms with Gasteiger partial charge in [0.25, 0.3) is 0 Å². The Balaban J connectivity index is 1.79. The van der Waals surface area contributed by atoms with Crippen LogP contribution < -0.4 is 16.0 Å². The summed E-state index contributed by atoms with van der Waals surface area (Å²) < 4.78 is 4.92. The van der Waals surface area contributed by atoms with Gasteiger partial charge in [-0.1, -0.05) is 6.07 Å². The molecule has 0 bridgehead atoms. The minimum absolute atomic E-state index is 0.138. The molecule has 0 aromatic heterocycles. The fourth-order valence-electron chi connectivity index (χ4n) is 2.36. The summed E-state index contributed by atoms with van der Waals surface area (Å²) in [6, 6.07) is 13.8. The van der Waals surface area contributed by atoms with Gasteiger partial charge in [0.1, 0.15) is 0 Å². The third-order valence-corrected chi connectivity index (χ3v) is 3.54. The molecule has 0 saturated carbocycles. The van der Waals surface area contributed by atoms with Gasteiger partial charge >= 0.3 is 5.97 Å². The Bertz CT molecular complexity index is 803. The number of nitrogens with one attached hydrogen (secondary N) is 3. The molecule has 0 unspecified atom stereocenters. The minimum atomic E-state index is -0.388. The number of esters is 1. The SMILES string of the molecule is CCOC(=O)c1ccc(NC(=O)CCNc2cccc(NC(C)=O)c2)cc1. The fraction of sp³-hybridized carbons (Fsp3) is 0.250. The highest BCUT2D eigenvalue weighted by molar-refractivity contribution is 5.93. The molecule has 0 saturated heterocycles. The smallest absolute Gasteiger partial charge is 0.338 e. The monoisotopic (exact) mass is 369 g/mol. The molecule has 0 aliphatic heterocycles. The number of anilines is 3. The summed E-state index contributed by atoms with van der Waals surface area (Å²) in [6.07, 6.45) is 0.268. The van der Waals surface area contributed by atoms with Gasteiger partial charge in [0, 0.05) is 37.0 Å². The van der Waals surface area contributed by atoms with Gasteiger partial charge in [-0.25, -0.2) is 4.79 Å². The molecule has 2 aromatic rings. The number of amides is 2. The summed E-state index contributed by atoms with van der Waals surface area (Å²) in [5, 5.41) is 8.62. The van der Waals surface area contributed by atoms with E-state index in [0.717, 1.165) is 5.69 Å². The average molecular weight is 369 g/mol. The molecule has 0 heterocycles. The van der Waals surface area contributed by atoms with Crippen LogP contribution in [0.5, 0.6) is 0 Å². The first-order valence-electron chi connectivity index (χ1n) is 8.66. The van der Waals surface area contributed by atoms with Crippen LogP contribution in [0.1, 0.15) is 30.6 Å². The molecular weight excluding hydrogens is 346 g/mol. The number of hydrogen-bond acceptors (Lipinski definition) is 5. The van der Waals surface area contributed by atoms with E-state index in [9.17, 15) is 14.4 Å². The van der Waals surface area contributed by atoms with Gasteiger partial charge in [-0.3, -0.25) is 9.59 Å². The van der Waals surface area contributed by atoms with Gasteiger partial charge in [0.2, 0.25) is 11.8 Å². The van der Waals surface area contributed by atoms with Crippen LogP contribution in [0.4, 0.5) is 17.1 Å².